The molecular formula is C14H20Br2N2. The van der Waals surface area contributed by atoms with Gasteiger partial charge in [0.2, 0.25) is 0 Å². The molecule has 0 saturated carbocycles. The largest absolute Gasteiger partial charge is 0.369 e. The molecule has 0 atom stereocenters. The number of hydrogen-bond acceptors (Lipinski definition) is 2. The molecule has 18 heavy (non-hydrogen) atoms. The summed E-state index contributed by atoms with van der Waals surface area (Å²) in [6, 6.07) is 6.58. The number of alkyl halides is 1. The first-order valence-electron chi connectivity index (χ1n) is 6.56. The monoisotopic (exact) mass is 374 g/mol. The summed E-state index contributed by atoms with van der Waals surface area (Å²) in [5, 5.41) is 0.914. The maximum absolute atomic E-state index is 3.59. The highest BCUT2D eigenvalue weighted by Gasteiger charge is 2.18. The van der Waals surface area contributed by atoms with Gasteiger partial charge in [-0.15, -0.1) is 0 Å². The Bertz CT molecular complexity index is 387. The third kappa shape index (κ3) is 3.49. The second-order valence-corrected chi connectivity index (χ2v) is 6.21. The lowest BCUT2D eigenvalue weighted by Crippen LogP contribution is -2.46. The molecule has 0 spiro atoms. The first kappa shape index (κ1) is 14.4. The molecular weight excluding hydrogens is 356 g/mol. The Balaban J connectivity index is 2.05. The summed E-state index contributed by atoms with van der Waals surface area (Å²) >= 11 is 7.13. The summed E-state index contributed by atoms with van der Waals surface area (Å²) in [6.07, 6.45) is 1.25. The third-order valence-corrected chi connectivity index (χ3v) is 4.54. The first-order valence-corrected chi connectivity index (χ1v) is 8.47. The lowest BCUT2D eigenvalue weighted by molar-refractivity contribution is 0.258. The van der Waals surface area contributed by atoms with Crippen molar-refractivity contribution in [3.8, 4) is 0 Å². The van der Waals surface area contributed by atoms with Gasteiger partial charge in [-0.2, -0.15) is 0 Å². The van der Waals surface area contributed by atoms with Gasteiger partial charge in [0, 0.05) is 41.7 Å². The van der Waals surface area contributed by atoms with Crippen LogP contribution in [0.4, 0.5) is 5.69 Å². The third-order valence-electron chi connectivity index (χ3n) is 3.44. The van der Waals surface area contributed by atoms with E-state index in [0.717, 1.165) is 22.9 Å². The molecule has 100 valence electrons. The Morgan fingerprint density at radius 2 is 1.89 bits per heavy atom. The molecule has 0 N–H and O–H groups in total. The van der Waals surface area contributed by atoms with E-state index in [4.69, 9.17) is 0 Å². The first-order chi connectivity index (χ1) is 8.74. The van der Waals surface area contributed by atoms with Gasteiger partial charge in [-0.05, 0) is 36.7 Å². The fourth-order valence-corrected chi connectivity index (χ4v) is 3.36. The van der Waals surface area contributed by atoms with Crippen molar-refractivity contribution < 1.29 is 0 Å². The van der Waals surface area contributed by atoms with Crippen LogP contribution in [-0.4, -0.2) is 37.6 Å². The number of hydrogen-bond donors (Lipinski definition) is 0. The molecule has 0 aromatic heterocycles. The van der Waals surface area contributed by atoms with E-state index < -0.39 is 0 Å². The summed E-state index contributed by atoms with van der Waals surface area (Å²) in [4.78, 5) is 5.07. The quantitative estimate of drug-likeness (QED) is 0.737. The Morgan fingerprint density at radius 1 is 1.17 bits per heavy atom. The van der Waals surface area contributed by atoms with Gasteiger partial charge < -0.3 is 4.90 Å². The Hall–Kier alpha value is -0.0600. The van der Waals surface area contributed by atoms with Gasteiger partial charge in [-0.1, -0.05) is 38.8 Å². The van der Waals surface area contributed by atoms with Gasteiger partial charge >= 0.3 is 0 Å². The van der Waals surface area contributed by atoms with Crippen molar-refractivity contribution >= 4 is 37.5 Å². The summed E-state index contributed by atoms with van der Waals surface area (Å²) in [5.74, 6) is 0. The molecule has 1 heterocycles. The van der Waals surface area contributed by atoms with Crippen molar-refractivity contribution in [2.24, 2.45) is 0 Å². The zero-order valence-corrected chi connectivity index (χ0v) is 14.0. The van der Waals surface area contributed by atoms with E-state index in [1.165, 1.54) is 37.3 Å². The molecule has 1 aromatic rings. The highest BCUT2D eigenvalue weighted by Crippen LogP contribution is 2.27. The van der Waals surface area contributed by atoms with Crippen LogP contribution in [0.3, 0.4) is 0 Å². The van der Waals surface area contributed by atoms with Crippen LogP contribution in [-0.2, 0) is 5.33 Å². The molecule has 2 nitrogen and oxygen atoms in total. The van der Waals surface area contributed by atoms with Crippen molar-refractivity contribution in [2.75, 3.05) is 37.6 Å². The Labute approximate surface area is 127 Å². The molecule has 1 aromatic carbocycles. The molecule has 1 saturated heterocycles. The lowest BCUT2D eigenvalue weighted by atomic mass is 10.1. The fraction of sp³-hybridized carbons (Fsp3) is 0.571. The van der Waals surface area contributed by atoms with E-state index in [2.05, 4.69) is 66.8 Å². The van der Waals surface area contributed by atoms with Crippen molar-refractivity contribution in [1.82, 2.24) is 4.90 Å². The Morgan fingerprint density at radius 3 is 2.50 bits per heavy atom. The van der Waals surface area contributed by atoms with E-state index >= 15 is 0 Å². The van der Waals surface area contributed by atoms with E-state index in [1.807, 2.05) is 0 Å². The van der Waals surface area contributed by atoms with Crippen LogP contribution in [0.5, 0.6) is 0 Å². The van der Waals surface area contributed by atoms with Crippen LogP contribution < -0.4 is 4.90 Å². The Kier molecular flexibility index (Phi) is 5.52. The maximum atomic E-state index is 3.59. The zero-order chi connectivity index (χ0) is 13.0. The van der Waals surface area contributed by atoms with Crippen molar-refractivity contribution in [2.45, 2.75) is 18.7 Å². The molecule has 0 unspecified atom stereocenters. The van der Waals surface area contributed by atoms with Crippen LogP contribution in [0.25, 0.3) is 0 Å². The standard InChI is InChI=1S/C14H20Br2N2/c1-2-5-17-6-8-18(9-7-17)14-4-3-13(16)10-12(14)11-15/h3-4,10H,2,5-9,11H2,1H3. The molecule has 0 aliphatic carbocycles. The average Bonchev–Trinajstić information content (AvgIpc) is 2.40. The minimum atomic E-state index is 0.914. The molecule has 4 heteroatoms. The van der Waals surface area contributed by atoms with Crippen LogP contribution >= 0.6 is 31.9 Å². The van der Waals surface area contributed by atoms with Gasteiger partial charge in [0.05, 0.1) is 0 Å². The number of halogens is 2. The normalized spacial score (nSPS) is 17.2. The summed E-state index contributed by atoms with van der Waals surface area (Å²) in [7, 11) is 0. The molecule has 0 amide bonds. The van der Waals surface area contributed by atoms with E-state index in [-0.39, 0.29) is 0 Å². The number of nitrogens with zero attached hydrogens (tertiary/aromatic N) is 2. The van der Waals surface area contributed by atoms with Gasteiger partial charge in [0.25, 0.3) is 0 Å². The minimum absolute atomic E-state index is 0.914. The number of piperazine rings is 1. The molecule has 0 radical (unpaired) electrons. The van der Waals surface area contributed by atoms with E-state index in [1.54, 1.807) is 0 Å². The molecule has 2 rings (SSSR count). The smallest absolute Gasteiger partial charge is 0.0409 e. The lowest BCUT2D eigenvalue weighted by Gasteiger charge is -2.36. The zero-order valence-electron chi connectivity index (χ0n) is 10.8. The summed E-state index contributed by atoms with van der Waals surface area (Å²) < 4.78 is 1.16. The second-order valence-electron chi connectivity index (χ2n) is 4.74. The fourth-order valence-electron chi connectivity index (χ4n) is 2.50. The van der Waals surface area contributed by atoms with Crippen LogP contribution in [0, 0.1) is 0 Å². The second kappa shape index (κ2) is 6.92. The SMILES string of the molecule is CCCN1CCN(c2ccc(Br)cc2CBr)CC1. The summed E-state index contributed by atoms with van der Waals surface area (Å²) in [6.45, 7) is 8.14. The average molecular weight is 376 g/mol. The molecule has 1 aliphatic rings. The summed E-state index contributed by atoms with van der Waals surface area (Å²) in [5.41, 5.74) is 2.75. The van der Waals surface area contributed by atoms with Crippen LogP contribution in [0.15, 0.2) is 22.7 Å². The van der Waals surface area contributed by atoms with Crippen LogP contribution in [0.1, 0.15) is 18.9 Å². The topological polar surface area (TPSA) is 6.48 Å². The van der Waals surface area contributed by atoms with E-state index in [9.17, 15) is 0 Å². The molecule has 0 bridgehead atoms. The number of benzene rings is 1. The molecule has 1 aliphatic heterocycles. The van der Waals surface area contributed by atoms with Crippen molar-refractivity contribution in [1.29, 1.82) is 0 Å². The van der Waals surface area contributed by atoms with E-state index in [0.29, 0.717) is 0 Å². The van der Waals surface area contributed by atoms with Gasteiger partial charge in [-0.25, -0.2) is 0 Å². The highest BCUT2D eigenvalue weighted by molar-refractivity contribution is 9.10. The predicted octanol–water partition coefficient (Wildman–Crippen LogP) is 3.88. The van der Waals surface area contributed by atoms with Gasteiger partial charge in [-0.3, -0.25) is 4.90 Å². The molecule has 1 fully saturated rings. The van der Waals surface area contributed by atoms with Gasteiger partial charge in [0.1, 0.15) is 0 Å². The predicted molar refractivity (Wildman–Crippen MR) is 85.7 cm³/mol. The van der Waals surface area contributed by atoms with Crippen molar-refractivity contribution in [3.05, 3.63) is 28.2 Å². The maximum Gasteiger partial charge on any atom is 0.0409 e. The number of rotatable bonds is 4. The number of anilines is 1. The van der Waals surface area contributed by atoms with Crippen LogP contribution in [0.2, 0.25) is 0 Å². The van der Waals surface area contributed by atoms with Gasteiger partial charge in [0.15, 0.2) is 0 Å². The minimum Gasteiger partial charge on any atom is -0.369 e. The highest BCUT2D eigenvalue weighted by atomic mass is 79.9. The van der Waals surface area contributed by atoms with Crippen molar-refractivity contribution in [3.63, 3.8) is 0 Å².